The van der Waals surface area contributed by atoms with Gasteiger partial charge in [0.1, 0.15) is 0 Å². The van der Waals surface area contributed by atoms with Gasteiger partial charge in [-0.05, 0) is 19.3 Å². The Labute approximate surface area is 49.1 Å². The molecule has 1 nitrogen and oxygen atoms in total. The van der Waals surface area contributed by atoms with Crippen LogP contribution < -0.4 is 5.32 Å². The molecule has 1 fully saturated rings. The van der Waals surface area contributed by atoms with Gasteiger partial charge in [0.25, 0.3) is 0 Å². The molecule has 1 aliphatic heterocycles. The minimum atomic E-state index is 1.05. The first-order valence-corrected chi connectivity index (χ1v) is 3.07. The molecular weight excluding hydrogens is 106 g/mol. The molecule has 0 aromatic heterocycles. The molecule has 0 aliphatic carbocycles. The third-order valence-corrected chi connectivity index (χ3v) is 1.50. The van der Waals surface area contributed by atoms with Gasteiger partial charge in [-0.25, -0.2) is 0 Å². The highest BCUT2D eigenvalue weighted by Crippen LogP contribution is 2.00. The Morgan fingerprint density at radius 3 is 2.57 bits per heavy atom. The zero-order valence-electron chi connectivity index (χ0n) is 4.24. The Bertz CT molecular complexity index is 72.1. The quantitative estimate of drug-likeness (QED) is 0.474. The van der Waals surface area contributed by atoms with E-state index in [9.17, 15) is 0 Å². The molecule has 0 radical (unpaired) electrons. The molecule has 0 atom stereocenters. The maximum absolute atomic E-state index is 4.89. The van der Waals surface area contributed by atoms with E-state index in [1.54, 1.807) is 0 Å². The summed E-state index contributed by atoms with van der Waals surface area (Å²) in [5.74, 6) is 0. The molecule has 0 unspecified atom stereocenters. The average molecular weight is 115 g/mol. The molecule has 1 heterocycles. The normalized spacial score (nSPS) is 21.4. The molecule has 0 saturated carbocycles. The Morgan fingerprint density at radius 2 is 2.29 bits per heavy atom. The fourth-order valence-corrected chi connectivity index (χ4v) is 0.973. The van der Waals surface area contributed by atoms with E-state index in [-0.39, 0.29) is 0 Å². The first-order valence-electron chi connectivity index (χ1n) is 2.66. The minimum Gasteiger partial charge on any atom is -0.380 e. The predicted octanol–water partition coefficient (Wildman–Crippen LogP) is 1.09. The van der Waals surface area contributed by atoms with Crippen molar-refractivity contribution in [3.8, 4) is 0 Å². The highest BCUT2D eigenvalue weighted by molar-refractivity contribution is 7.80. The fourth-order valence-electron chi connectivity index (χ4n) is 0.727. The molecule has 0 spiro atoms. The molecule has 0 bridgehead atoms. The summed E-state index contributed by atoms with van der Waals surface area (Å²) in [6.07, 6.45) is 3.68. The van der Waals surface area contributed by atoms with Gasteiger partial charge >= 0.3 is 0 Å². The number of hydrogen-bond donors (Lipinski definition) is 1. The summed E-state index contributed by atoms with van der Waals surface area (Å²) in [6, 6.07) is 0. The van der Waals surface area contributed by atoms with Gasteiger partial charge in [0, 0.05) is 6.54 Å². The van der Waals surface area contributed by atoms with Crippen molar-refractivity contribution in [3.63, 3.8) is 0 Å². The van der Waals surface area contributed by atoms with E-state index in [1.807, 2.05) is 0 Å². The van der Waals surface area contributed by atoms with Gasteiger partial charge < -0.3 is 5.32 Å². The highest BCUT2D eigenvalue weighted by atomic mass is 32.1. The topological polar surface area (TPSA) is 12.0 Å². The van der Waals surface area contributed by atoms with Crippen LogP contribution in [-0.4, -0.2) is 11.5 Å². The molecule has 2 heteroatoms. The maximum atomic E-state index is 4.89. The van der Waals surface area contributed by atoms with Crippen LogP contribution in [0.1, 0.15) is 19.3 Å². The van der Waals surface area contributed by atoms with E-state index in [0.29, 0.717) is 0 Å². The Morgan fingerprint density at radius 1 is 1.43 bits per heavy atom. The number of hydrogen-bond acceptors (Lipinski definition) is 1. The monoisotopic (exact) mass is 115 g/mol. The van der Waals surface area contributed by atoms with Crippen LogP contribution in [0.3, 0.4) is 0 Å². The third-order valence-electron chi connectivity index (χ3n) is 1.15. The second-order valence-corrected chi connectivity index (χ2v) is 2.30. The zero-order chi connectivity index (χ0) is 5.11. The van der Waals surface area contributed by atoms with Crippen molar-refractivity contribution in [2.45, 2.75) is 19.3 Å². The maximum Gasteiger partial charge on any atom is 0.0753 e. The van der Waals surface area contributed by atoms with Crippen molar-refractivity contribution in [2.75, 3.05) is 6.54 Å². The summed E-state index contributed by atoms with van der Waals surface area (Å²) < 4.78 is 0. The lowest BCUT2D eigenvalue weighted by Crippen LogP contribution is -2.26. The number of nitrogens with one attached hydrogen (secondary N) is 1. The van der Waals surface area contributed by atoms with Crippen molar-refractivity contribution in [1.29, 1.82) is 0 Å². The molecular formula is C5H9NS. The van der Waals surface area contributed by atoms with Gasteiger partial charge in [-0.15, -0.1) is 0 Å². The molecule has 0 aromatic carbocycles. The smallest absolute Gasteiger partial charge is 0.0753 e. The van der Waals surface area contributed by atoms with Crippen molar-refractivity contribution < 1.29 is 0 Å². The van der Waals surface area contributed by atoms with E-state index in [1.165, 1.54) is 12.8 Å². The van der Waals surface area contributed by atoms with Crippen LogP contribution in [0.5, 0.6) is 0 Å². The number of piperidine rings is 1. The fraction of sp³-hybridized carbons (Fsp3) is 0.800. The SMILES string of the molecule is S=C1CCCCN1. The summed E-state index contributed by atoms with van der Waals surface area (Å²) in [4.78, 5) is 1.05. The average Bonchev–Trinajstić information content (AvgIpc) is 1.69. The minimum absolute atomic E-state index is 1.05. The van der Waals surface area contributed by atoms with Crippen molar-refractivity contribution in [3.05, 3.63) is 0 Å². The van der Waals surface area contributed by atoms with Gasteiger partial charge in [-0.3, -0.25) is 0 Å². The van der Waals surface area contributed by atoms with E-state index >= 15 is 0 Å². The van der Waals surface area contributed by atoms with E-state index in [2.05, 4.69) is 5.32 Å². The van der Waals surface area contributed by atoms with E-state index in [0.717, 1.165) is 18.0 Å². The van der Waals surface area contributed by atoms with Crippen LogP contribution >= 0.6 is 12.2 Å². The lowest BCUT2D eigenvalue weighted by molar-refractivity contribution is 0.679. The Balaban J connectivity index is 2.25. The lowest BCUT2D eigenvalue weighted by atomic mass is 10.2. The van der Waals surface area contributed by atoms with Crippen LogP contribution in [-0.2, 0) is 0 Å². The van der Waals surface area contributed by atoms with Crippen molar-refractivity contribution in [2.24, 2.45) is 0 Å². The number of rotatable bonds is 0. The Hall–Kier alpha value is -0.110. The van der Waals surface area contributed by atoms with Crippen molar-refractivity contribution in [1.82, 2.24) is 5.32 Å². The summed E-state index contributed by atoms with van der Waals surface area (Å²) in [6.45, 7) is 1.10. The summed E-state index contributed by atoms with van der Waals surface area (Å²) in [5, 5.41) is 3.11. The largest absolute Gasteiger partial charge is 0.380 e. The first-order chi connectivity index (χ1) is 3.39. The second kappa shape index (κ2) is 2.26. The molecule has 1 rings (SSSR count). The molecule has 1 saturated heterocycles. The summed E-state index contributed by atoms with van der Waals surface area (Å²) >= 11 is 4.89. The molecule has 1 aliphatic rings. The highest BCUT2D eigenvalue weighted by Gasteiger charge is 2.00. The molecule has 40 valence electrons. The van der Waals surface area contributed by atoms with Crippen molar-refractivity contribution >= 4 is 17.2 Å². The van der Waals surface area contributed by atoms with Crippen LogP contribution in [0.4, 0.5) is 0 Å². The second-order valence-electron chi connectivity index (χ2n) is 1.81. The number of thiocarbonyl (C=S) groups is 1. The van der Waals surface area contributed by atoms with Crippen LogP contribution in [0.15, 0.2) is 0 Å². The standard InChI is InChI=1S/C5H9NS/c7-5-3-1-2-4-6-5/h1-4H2,(H,6,7). The van der Waals surface area contributed by atoms with Gasteiger partial charge in [-0.2, -0.15) is 0 Å². The molecule has 0 amide bonds. The molecule has 0 aromatic rings. The van der Waals surface area contributed by atoms with Gasteiger partial charge in [0.05, 0.1) is 4.99 Å². The van der Waals surface area contributed by atoms with Gasteiger partial charge in [0.15, 0.2) is 0 Å². The van der Waals surface area contributed by atoms with Gasteiger partial charge in [0.2, 0.25) is 0 Å². The van der Waals surface area contributed by atoms with Crippen LogP contribution in [0, 0.1) is 0 Å². The van der Waals surface area contributed by atoms with Crippen LogP contribution in [0.2, 0.25) is 0 Å². The predicted molar refractivity (Wildman–Crippen MR) is 34.5 cm³/mol. The van der Waals surface area contributed by atoms with E-state index in [4.69, 9.17) is 12.2 Å². The van der Waals surface area contributed by atoms with Crippen LogP contribution in [0.25, 0.3) is 0 Å². The molecule has 7 heavy (non-hydrogen) atoms. The van der Waals surface area contributed by atoms with Gasteiger partial charge in [-0.1, -0.05) is 12.2 Å². The molecule has 1 N–H and O–H groups in total. The van der Waals surface area contributed by atoms with E-state index < -0.39 is 0 Å². The first kappa shape index (κ1) is 5.04. The Kier molecular flexibility index (Phi) is 1.63. The lowest BCUT2D eigenvalue weighted by Gasteiger charge is -2.12. The zero-order valence-corrected chi connectivity index (χ0v) is 5.05. The summed E-state index contributed by atoms with van der Waals surface area (Å²) in [5.41, 5.74) is 0. The third kappa shape index (κ3) is 1.43. The summed E-state index contributed by atoms with van der Waals surface area (Å²) in [7, 11) is 0.